The Labute approximate surface area is 420 Å². The summed E-state index contributed by atoms with van der Waals surface area (Å²) in [6.45, 7) is 2.74. The number of carbonyl (C=O) groups is 3. The summed E-state index contributed by atoms with van der Waals surface area (Å²) in [5, 5.41) is 38.3. The number of thiazole rings is 1. The van der Waals surface area contributed by atoms with Crippen LogP contribution in [-0.2, 0) is 41.8 Å². The van der Waals surface area contributed by atoms with Crippen molar-refractivity contribution in [1.82, 2.24) is 10.3 Å². The Hall–Kier alpha value is -8.56. The number of ether oxygens (including phenoxy) is 2. The van der Waals surface area contributed by atoms with Crippen LogP contribution in [0, 0.1) is 0 Å². The number of hydrogen-bond donors (Lipinski definition) is 5. The van der Waals surface area contributed by atoms with Gasteiger partial charge in [0, 0.05) is 30.5 Å². The molecule has 0 aliphatic heterocycles. The number of nitrogens with one attached hydrogen (secondary N) is 2. The number of halogens is 3. The Balaban J connectivity index is 1.03. The monoisotopic (exact) mass is 1000 g/mol. The van der Waals surface area contributed by atoms with Gasteiger partial charge in [-0.1, -0.05) is 133 Å². The highest BCUT2D eigenvalue weighted by Gasteiger charge is 2.41. The van der Waals surface area contributed by atoms with Crippen LogP contribution in [0.4, 0.5) is 13.2 Å². The molecule has 0 saturated carbocycles. The minimum Gasteiger partial charge on any atom is -0.487 e. The molecule has 0 aliphatic rings. The number of aliphatic carboxylic acids is 2. The molecule has 2 atom stereocenters. The predicted octanol–water partition coefficient (Wildman–Crippen LogP) is 10.7. The summed E-state index contributed by atoms with van der Waals surface area (Å²) in [7, 11) is 0. The molecule has 1 aromatic heterocycles. The molecule has 0 aliphatic carbocycles. The van der Waals surface area contributed by atoms with E-state index in [0.717, 1.165) is 38.9 Å². The second-order valence-corrected chi connectivity index (χ2v) is 19.2. The quantitative estimate of drug-likeness (QED) is 0.0440. The SMILES string of the molecule is CC(Cc1ccccc1)(NC(=O)c1ccc2c(-c3ccc4nc(COc5c(C(O)=[NH+]C(C)(Cc6ccccc6)C(=O)O)ccc6ccccc56)sc4c3)cccc2c1OCc1ccc(C(F)(F)F)cc1)C(=O)O. The summed E-state index contributed by atoms with van der Waals surface area (Å²) in [4.78, 5) is 47.3. The molecule has 368 valence electrons. The number of nitrogens with zero attached hydrogens (tertiary/aromatic N) is 1. The van der Waals surface area contributed by atoms with E-state index in [1.165, 1.54) is 37.3 Å². The van der Waals surface area contributed by atoms with E-state index in [2.05, 4.69) is 10.3 Å². The van der Waals surface area contributed by atoms with Crippen LogP contribution in [0.1, 0.15) is 57.0 Å². The van der Waals surface area contributed by atoms with Crippen molar-refractivity contribution in [1.29, 1.82) is 0 Å². The highest BCUT2D eigenvalue weighted by atomic mass is 32.1. The van der Waals surface area contributed by atoms with E-state index in [-0.39, 0.29) is 48.8 Å². The smallest absolute Gasteiger partial charge is 0.416 e. The molecule has 15 heteroatoms. The number of rotatable bonds is 17. The predicted molar refractivity (Wildman–Crippen MR) is 274 cm³/mol. The first-order valence-electron chi connectivity index (χ1n) is 23.1. The van der Waals surface area contributed by atoms with Gasteiger partial charge >= 0.3 is 24.0 Å². The molecule has 0 bridgehead atoms. The van der Waals surface area contributed by atoms with Gasteiger partial charge in [-0.25, -0.2) is 14.6 Å². The average Bonchev–Trinajstić information content (AvgIpc) is 3.79. The Kier molecular flexibility index (Phi) is 13.7. The molecule has 9 aromatic rings. The molecule has 73 heavy (non-hydrogen) atoms. The molecule has 0 fully saturated rings. The summed E-state index contributed by atoms with van der Waals surface area (Å²) in [5.41, 5.74) is 0.285. The van der Waals surface area contributed by atoms with Gasteiger partial charge < -0.3 is 30.1 Å². The van der Waals surface area contributed by atoms with Gasteiger partial charge in [0.05, 0.1) is 21.3 Å². The first kappa shape index (κ1) is 49.4. The Morgan fingerprint density at radius 2 is 1.25 bits per heavy atom. The van der Waals surface area contributed by atoms with Crippen LogP contribution in [-0.4, -0.2) is 55.1 Å². The van der Waals surface area contributed by atoms with E-state index < -0.39 is 40.7 Å². The van der Waals surface area contributed by atoms with Crippen molar-refractivity contribution in [2.75, 3.05) is 0 Å². The van der Waals surface area contributed by atoms with Crippen LogP contribution in [0.25, 0.3) is 42.9 Å². The van der Waals surface area contributed by atoms with E-state index >= 15 is 0 Å². The van der Waals surface area contributed by atoms with Crippen molar-refractivity contribution in [3.05, 3.63) is 208 Å². The van der Waals surface area contributed by atoms with E-state index in [4.69, 9.17) is 14.5 Å². The number of hydrogen-bond acceptors (Lipinski definition) is 7. The highest BCUT2D eigenvalue weighted by Crippen LogP contribution is 2.39. The fourth-order valence-electron chi connectivity index (χ4n) is 8.78. The number of amides is 1. The van der Waals surface area contributed by atoms with Crippen LogP contribution < -0.4 is 19.8 Å². The first-order valence-corrected chi connectivity index (χ1v) is 23.9. The zero-order valence-corrected chi connectivity index (χ0v) is 40.2. The second kappa shape index (κ2) is 20.3. The zero-order chi connectivity index (χ0) is 51.5. The number of benzene rings is 8. The Bertz CT molecular complexity index is 3570. The van der Waals surface area contributed by atoms with Crippen LogP contribution in [0.3, 0.4) is 0 Å². The lowest BCUT2D eigenvalue weighted by Gasteiger charge is -2.27. The van der Waals surface area contributed by atoms with E-state index in [1.807, 2.05) is 84.9 Å². The Morgan fingerprint density at radius 3 is 1.93 bits per heavy atom. The molecule has 2 unspecified atom stereocenters. The molecular weight excluding hydrogens is 956 g/mol. The summed E-state index contributed by atoms with van der Waals surface area (Å²) in [5.74, 6) is -3.05. The highest BCUT2D eigenvalue weighted by molar-refractivity contribution is 7.18. The summed E-state index contributed by atoms with van der Waals surface area (Å²) in [6, 6.07) is 48.0. The van der Waals surface area contributed by atoms with Crippen LogP contribution in [0.2, 0.25) is 0 Å². The lowest BCUT2D eigenvalue weighted by atomic mass is 9.91. The van der Waals surface area contributed by atoms with Crippen LogP contribution >= 0.6 is 11.3 Å². The van der Waals surface area contributed by atoms with Crippen molar-refractivity contribution in [3.63, 3.8) is 0 Å². The van der Waals surface area contributed by atoms with Crippen molar-refractivity contribution in [2.45, 2.75) is 57.2 Å². The van der Waals surface area contributed by atoms with Gasteiger partial charge in [0.1, 0.15) is 40.8 Å². The minimum absolute atomic E-state index is 0.00813. The normalized spacial score (nSPS) is 13.6. The number of aromatic nitrogens is 1. The van der Waals surface area contributed by atoms with Gasteiger partial charge in [-0.05, 0) is 81.9 Å². The number of fused-ring (bicyclic) bond motifs is 3. The molecule has 0 saturated heterocycles. The maximum absolute atomic E-state index is 14.3. The van der Waals surface area contributed by atoms with Crippen LogP contribution in [0.15, 0.2) is 170 Å². The van der Waals surface area contributed by atoms with Gasteiger partial charge in [-0.3, -0.25) is 4.79 Å². The van der Waals surface area contributed by atoms with Gasteiger partial charge in [0.25, 0.3) is 11.4 Å². The largest absolute Gasteiger partial charge is 0.487 e. The first-order chi connectivity index (χ1) is 35.0. The molecule has 8 aromatic carbocycles. The Morgan fingerprint density at radius 1 is 0.616 bits per heavy atom. The van der Waals surface area contributed by atoms with Crippen molar-refractivity contribution < 1.29 is 57.3 Å². The third kappa shape index (κ3) is 10.7. The fraction of sp³-hybridized carbons (Fsp3) is 0.155. The molecule has 1 heterocycles. The van der Waals surface area contributed by atoms with Gasteiger partial charge in [-0.15, -0.1) is 11.3 Å². The number of carboxylic acid groups (broad SMARTS) is 2. The molecular formula is C58H47F3N3O8S+. The number of alkyl halides is 3. The molecule has 5 N–H and O–H groups in total. The third-order valence-electron chi connectivity index (χ3n) is 12.7. The fourth-order valence-corrected chi connectivity index (χ4v) is 9.70. The summed E-state index contributed by atoms with van der Waals surface area (Å²) in [6.07, 6.45) is -4.46. The number of aliphatic hydroxyl groups is 1. The topological polar surface area (TPSA) is 169 Å². The molecule has 1 amide bonds. The minimum atomic E-state index is -4.54. The number of carboxylic acids is 2. The number of aliphatic hydroxyl groups excluding tert-OH is 1. The van der Waals surface area contributed by atoms with Crippen molar-refractivity contribution in [3.8, 4) is 22.6 Å². The van der Waals surface area contributed by atoms with E-state index in [0.29, 0.717) is 43.6 Å². The molecule has 0 spiro atoms. The van der Waals surface area contributed by atoms with Crippen molar-refractivity contribution >= 4 is 66.8 Å². The van der Waals surface area contributed by atoms with E-state index in [1.54, 1.807) is 60.7 Å². The third-order valence-corrected chi connectivity index (χ3v) is 13.7. The lowest BCUT2D eigenvalue weighted by molar-refractivity contribution is -0.540. The second-order valence-electron chi connectivity index (χ2n) is 18.1. The van der Waals surface area contributed by atoms with Gasteiger partial charge in [0.2, 0.25) is 0 Å². The van der Waals surface area contributed by atoms with Crippen molar-refractivity contribution in [2.24, 2.45) is 0 Å². The van der Waals surface area contributed by atoms with Crippen LogP contribution in [0.5, 0.6) is 11.5 Å². The average molecular weight is 1000 g/mol. The lowest BCUT2D eigenvalue weighted by Crippen LogP contribution is -2.90. The summed E-state index contributed by atoms with van der Waals surface area (Å²) >= 11 is 1.40. The summed E-state index contributed by atoms with van der Waals surface area (Å²) < 4.78 is 53.9. The standard InChI is InChI=1S/C58H46F3N3O8S/c1-56(54(67)68,31-35-12-5-3-6-13-35)63-52(65)45-26-22-38-16-9-10-17-42(38)50(45)72-34-49-62-47-29-23-39(30-48(47)73-49)41-18-11-19-44-43(41)27-28-46(51(44)71-33-37-20-24-40(25-21-37)58(59,60)61)53(66)64-57(2,55(69)70)32-36-14-7-4-8-15-36/h3-30H,31-34H2,1-2H3,(H,63,65)(H,64,66)(H,67,68)(H,69,70)/p+1. The van der Waals surface area contributed by atoms with E-state index in [9.17, 15) is 42.9 Å². The van der Waals surface area contributed by atoms with Gasteiger partial charge in [0.15, 0.2) is 0 Å². The van der Waals surface area contributed by atoms with Gasteiger partial charge in [-0.2, -0.15) is 18.2 Å². The molecule has 9 rings (SSSR count). The molecule has 0 radical (unpaired) electrons. The maximum Gasteiger partial charge on any atom is 0.416 e. The number of carbonyl (C=O) groups excluding carboxylic acids is 1. The molecule has 11 nitrogen and oxygen atoms in total. The zero-order valence-electron chi connectivity index (χ0n) is 39.4. The maximum atomic E-state index is 14.3.